The molecule has 4 heteroatoms. The van der Waals surface area contributed by atoms with Gasteiger partial charge in [-0.25, -0.2) is 4.99 Å². The van der Waals surface area contributed by atoms with Crippen LogP contribution >= 0.6 is 11.3 Å². The molecule has 0 aliphatic carbocycles. The van der Waals surface area contributed by atoms with Gasteiger partial charge in [0.2, 0.25) is 0 Å². The highest BCUT2D eigenvalue weighted by molar-refractivity contribution is 7.14. The first-order valence-electron chi connectivity index (χ1n) is 2.85. The molecule has 50 valence electrons. The van der Waals surface area contributed by atoms with E-state index in [1.54, 1.807) is 23.9 Å². The minimum Gasteiger partial charge on any atom is -0.268 e. The number of hydrogen-bond acceptors (Lipinski definition) is 4. The predicted molar refractivity (Wildman–Crippen MR) is 43.2 cm³/mol. The first-order valence-corrected chi connectivity index (χ1v) is 3.73. The molecule has 0 radical (unpaired) electrons. The average molecular weight is 151 g/mol. The van der Waals surface area contributed by atoms with Gasteiger partial charge >= 0.3 is 0 Å². The van der Waals surface area contributed by atoms with Gasteiger partial charge in [0.25, 0.3) is 0 Å². The predicted octanol–water partition coefficient (Wildman–Crippen LogP) is 1.34. The van der Waals surface area contributed by atoms with Crippen molar-refractivity contribution in [2.75, 3.05) is 0 Å². The van der Waals surface area contributed by atoms with Crippen LogP contribution in [0.25, 0.3) is 0 Å². The van der Waals surface area contributed by atoms with Gasteiger partial charge in [-0.15, -0.1) is 11.3 Å². The van der Waals surface area contributed by atoms with Gasteiger partial charge < -0.3 is 0 Å². The summed E-state index contributed by atoms with van der Waals surface area (Å²) < 4.78 is 0. The van der Waals surface area contributed by atoms with Gasteiger partial charge in [-0.05, 0) is 11.4 Å². The van der Waals surface area contributed by atoms with Crippen LogP contribution in [-0.4, -0.2) is 12.6 Å². The van der Waals surface area contributed by atoms with Gasteiger partial charge in [0, 0.05) is 5.56 Å². The fourth-order valence-corrected chi connectivity index (χ4v) is 1.46. The summed E-state index contributed by atoms with van der Waals surface area (Å²) in [5.74, 6) is 0. The Morgan fingerprint density at radius 3 is 3.50 bits per heavy atom. The zero-order valence-corrected chi connectivity index (χ0v) is 5.93. The Labute approximate surface area is 62.1 Å². The Bertz CT molecular complexity index is 260. The average Bonchev–Trinajstić information content (AvgIpc) is 2.28. The maximum absolute atomic E-state index is 4.10. The van der Waals surface area contributed by atoms with Crippen LogP contribution in [0.1, 0.15) is 5.56 Å². The molecule has 1 aliphatic heterocycles. The minimum absolute atomic E-state index is 1.01. The van der Waals surface area contributed by atoms with Crippen LogP contribution < -0.4 is 5.43 Å². The van der Waals surface area contributed by atoms with Crippen LogP contribution in [-0.2, 0) is 0 Å². The van der Waals surface area contributed by atoms with Gasteiger partial charge in [-0.2, -0.15) is 5.10 Å². The molecule has 1 aromatic heterocycles. The molecule has 2 rings (SSSR count). The van der Waals surface area contributed by atoms with Crippen LogP contribution in [0.15, 0.2) is 21.5 Å². The third-order valence-corrected chi connectivity index (χ3v) is 2.03. The van der Waals surface area contributed by atoms with E-state index in [9.17, 15) is 0 Å². The molecule has 0 bridgehead atoms. The number of fused-ring (bicyclic) bond motifs is 1. The van der Waals surface area contributed by atoms with Crippen molar-refractivity contribution in [2.45, 2.75) is 0 Å². The number of aliphatic imine (C=N–C) groups is 1. The van der Waals surface area contributed by atoms with E-state index in [-0.39, 0.29) is 0 Å². The number of nitrogens with one attached hydrogen (secondary N) is 1. The molecule has 0 saturated carbocycles. The zero-order chi connectivity index (χ0) is 6.81. The Balaban J connectivity index is 2.56. The van der Waals surface area contributed by atoms with Crippen LogP contribution in [0, 0.1) is 0 Å². The maximum Gasteiger partial charge on any atom is 0.126 e. The molecule has 0 aromatic carbocycles. The first-order chi connectivity index (χ1) is 4.97. The van der Waals surface area contributed by atoms with Crippen molar-refractivity contribution in [2.24, 2.45) is 10.1 Å². The van der Waals surface area contributed by atoms with Crippen LogP contribution in [0.5, 0.6) is 0 Å². The Hall–Kier alpha value is -1.16. The molecule has 0 saturated heterocycles. The van der Waals surface area contributed by atoms with Gasteiger partial charge in [0.1, 0.15) is 11.3 Å². The topological polar surface area (TPSA) is 36.8 Å². The molecular weight excluding hydrogens is 146 g/mol. The van der Waals surface area contributed by atoms with E-state index in [0.29, 0.717) is 0 Å². The van der Waals surface area contributed by atoms with Crippen molar-refractivity contribution in [3.63, 3.8) is 0 Å². The fraction of sp³-hybridized carbons (Fsp3) is 0. The van der Waals surface area contributed by atoms with E-state index < -0.39 is 0 Å². The minimum atomic E-state index is 1.01. The summed E-state index contributed by atoms with van der Waals surface area (Å²) >= 11 is 1.61. The number of nitrogens with zero attached hydrogens (tertiary/aromatic N) is 2. The number of thiophene rings is 1. The molecular formula is C6H5N3S. The maximum atomic E-state index is 4.10. The molecule has 3 nitrogen and oxygen atoms in total. The third-order valence-electron chi connectivity index (χ3n) is 1.19. The fourth-order valence-electron chi connectivity index (χ4n) is 0.742. The lowest BCUT2D eigenvalue weighted by molar-refractivity contribution is 1.07. The molecule has 10 heavy (non-hydrogen) atoms. The highest BCUT2D eigenvalue weighted by Gasteiger charge is 1.99. The van der Waals surface area contributed by atoms with Crippen LogP contribution in [0.2, 0.25) is 0 Å². The summed E-state index contributed by atoms with van der Waals surface area (Å²) in [6.45, 7) is 0. The molecule has 2 heterocycles. The van der Waals surface area contributed by atoms with Crippen molar-refractivity contribution in [3.8, 4) is 0 Å². The quantitative estimate of drug-likeness (QED) is 0.597. The molecule has 0 fully saturated rings. The van der Waals surface area contributed by atoms with E-state index >= 15 is 0 Å². The number of hydrogen-bond donors (Lipinski definition) is 1. The lowest BCUT2D eigenvalue weighted by atomic mass is 10.3. The van der Waals surface area contributed by atoms with Gasteiger partial charge in [-0.3, -0.25) is 5.43 Å². The third kappa shape index (κ3) is 0.823. The second-order valence-corrected chi connectivity index (χ2v) is 2.72. The SMILES string of the molecule is C1=NNC=Nc2sccc21. The van der Waals surface area contributed by atoms with Crippen LogP contribution in [0.4, 0.5) is 5.00 Å². The van der Waals surface area contributed by atoms with E-state index in [1.807, 2.05) is 11.4 Å². The molecule has 1 aliphatic rings. The summed E-state index contributed by atoms with van der Waals surface area (Å²) in [7, 11) is 0. The normalized spacial score (nSPS) is 14.0. The largest absolute Gasteiger partial charge is 0.268 e. The Kier molecular flexibility index (Phi) is 1.25. The molecule has 0 atom stereocenters. The molecule has 0 spiro atoms. The molecule has 0 unspecified atom stereocenters. The second-order valence-electron chi connectivity index (χ2n) is 1.83. The van der Waals surface area contributed by atoms with Crippen molar-refractivity contribution in [1.29, 1.82) is 0 Å². The summed E-state index contributed by atoms with van der Waals surface area (Å²) in [6.07, 6.45) is 3.34. The lowest BCUT2D eigenvalue weighted by Gasteiger charge is -1.82. The highest BCUT2D eigenvalue weighted by atomic mass is 32.1. The van der Waals surface area contributed by atoms with Gasteiger partial charge in [-0.1, -0.05) is 0 Å². The standard InChI is InChI=1S/C6H5N3S/c1-2-10-6-5(1)3-8-9-4-7-6/h1-4H,(H,7,9). The summed E-state index contributed by atoms with van der Waals surface area (Å²) in [5.41, 5.74) is 3.74. The Morgan fingerprint density at radius 2 is 2.50 bits per heavy atom. The lowest BCUT2D eigenvalue weighted by Crippen LogP contribution is -1.98. The smallest absolute Gasteiger partial charge is 0.126 e. The van der Waals surface area contributed by atoms with E-state index in [1.165, 1.54) is 0 Å². The molecule has 0 amide bonds. The van der Waals surface area contributed by atoms with Gasteiger partial charge in [0.15, 0.2) is 0 Å². The van der Waals surface area contributed by atoms with E-state index in [2.05, 4.69) is 15.5 Å². The summed E-state index contributed by atoms with van der Waals surface area (Å²) in [5, 5.41) is 6.87. The number of hydrazone groups is 1. The monoisotopic (exact) mass is 151 g/mol. The first kappa shape index (κ1) is 5.61. The zero-order valence-electron chi connectivity index (χ0n) is 5.11. The van der Waals surface area contributed by atoms with Crippen molar-refractivity contribution in [1.82, 2.24) is 5.43 Å². The molecule has 1 N–H and O–H groups in total. The molecule has 1 aromatic rings. The van der Waals surface area contributed by atoms with E-state index in [4.69, 9.17) is 0 Å². The van der Waals surface area contributed by atoms with Crippen molar-refractivity contribution in [3.05, 3.63) is 17.0 Å². The van der Waals surface area contributed by atoms with Crippen LogP contribution in [0.3, 0.4) is 0 Å². The summed E-state index contributed by atoms with van der Waals surface area (Å²) in [6, 6.07) is 1.99. The van der Waals surface area contributed by atoms with Gasteiger partial charge in [0.05, 0.1) is 6.21 Å². The summed E-state index contributed by atoms with van der Waals surface area (Å²) in [4.78, 5) is 4.10. The van der Waals surface area contributed by atoms with E-state index in [0.717, 1.165) is 10.6 Å². The highest BCUT2D eigenvalue weighted by Crippen LogP contribution is 2.24. The second kappa shape index (κ2) is 2.22. The number of rotatable bonds is 0. The van der Waals surface area contributed by atoms with Crippen molar-refractivity contribution < 1.29 is 0 Å². The Morgan fingerprint density at radius 1 is 1.50 bits per heavy atom. The van der Waals surface area contributed by atoms with Crippen molar-refractivity contribution >= 4 is 28.9 Å².